The first-order valence-electron chi connectivity index (χ1n) is 10.3. The Morgan fingerprint density at radius 1 is 1.13 bits per heavy atom. The zero-order valence-electron chi connectivity index (χ0n) is 17.6. The van der Waals surface area contributed by atoms with E-state index >= 15 is 0 Å². The van der Waals surface area contributed by atoms with E-state index in [-0.39, 0.29) is 22.8 Å². The lowest BCUT2D eigenvalue weighted by Crippen LogP contribution is -2.37. The lowest BCUT2D eigenvalue weighted by molar-refractivity contribution is 0.0484. The first-order valence-corrected chi connectivity index (χ1v) is 10.3. The van der Waals surface area contributed by atoms with E-state index in [1.165, 1.54) is 12.1 Å². The first kappa shape index (κ1) is 21.1. The molecule has 0 radical (unpaired) electrons. The summed E-state index contributed by atoms with van der Waals surface area (Å²) in [7, 11) is 3.94. The molecule has 3 aromatic rings. The van der Waals surface area contributed by atoms with Crippen molar-refractivity contribution in [2.24, 2.45) is 0 Å². The predicted molar refractivity (Wildman–Crippen MR) is 117 cm³/mol. The summed E-state index contributed by atoms with van der Waals surface area (Å²) in [5, 5.41) is 0.113. The van der Waals surface area contributed by atoms with Gasteiger partial charge in [-0.1, -0.05) is 12.1 Å². The summed E-state index contributed by atoms with van der Waals surface area (Å²) >= 11 is 0. The highest BCUT2D eigenvalue weighted by molar-refractivity contribution is 5.93. The Hall–Kier alpha value is -3.19. The molecule has 162 valence electrons. The van der Waals surface area contributed by atoms with Crippen molar-refractivity contribution < 1.29 is 18.3 Å². The molecule has 1 saturated heterocycles. The van der Waals surface area contributed by atoms with Crippen LogP contribution in [0.3, 0.4) is 0 Å². The number of nitrogens with zero attached hydrogens (tertiary/aromatic N) is 2. The summed E-state index contributed by atoms with van der Waals surface area (Å²) in [5.74, 6) is -0.984. The highest BCUT2D eigenvalue weighted by Gasteiger charge is 2.26. The number of rotatable bonds is 6. The zero-order chi connectivity index (χ0) is 22.0. The number of amides is 1. The monoisotopic (exact) mass is 424 g/mol. The summed E-state index contributed by atoms with van der Waals surface area (Å²) in [4.78, 5) is 29.4. The number of hydrogen-bond donors (Lipinski definition) is 0. The third-order valence-electron chi connectivity index (χ3n) is 5.46. The van der Waals surface area contributed by atoms with E-state index in [2.05, 4.69) is 0 Å². The minimum Gasteiger partial charge on any atom is -0.451 e. The van der Waals surface area contributed by atoms with Crippen LogP contribution >= 0.6 is 0 Å². The lowest BCUT2D eigenvalue weighted by atomic mass is 10.1. The largest absolute Gasteiger partial charge is 0.451 e. The molecule has 1 atom stereocenters. The Morgan fingerprint density at radius 2 is 1.90 bits per heavy atom. The van der Waals surface area contributed by atoms with E-state index in [4.69, 9.17) is 9.15 Å². The van der Waals surface area contributed by atoms with Gasteiger partial charge in [0.25, 0.3) is 5.91 Å². The van der Waals surface area contributed by atoms with Crippen LogP contribution in [0.25, 0.3) is 11.0 Å². The molecule has 1 amide bonds. The van der Waals surface area contributed by atoms with Crippen LogP contribution in [0.4, 0.5) is 10.1 Å². The van der Waals surface area contributed by atoms with Crippen molar-refractivity contribution in [2.75, 3.05) is 32.1 Å². The molecular formula is C24H25FN2O4. The van der Waals surface area contributed by atoms with Gasteiger partial charge in [-0.25, -0.2) is 4.39 Å². The molecular weight excluding hydrogens is 399 g/mol. The quantitative estimate of drug-likeness (QED) is 0.602. The van der Waals surface area contributed by atoms with Crippen LogP contribution in [-0.2, 0) is 11.3 Å². The molecule has 0 N–H and O–H groups in total. The molecule has 1 aromatic heterocycles. The van der Waals surface area contributed by atoms with Crippen molar-refractivity contribution in [2.45, 2.75) is 25.5 Å². The normalized spacial score (nSPS) is 15.9. The van der Waals surface area contributed by atoms with Gasteiger partial charge in [0.15, 0.2) is 11.2 Å². The van der Waals surface area contributed by atoms with Crippen LogP contribution in [0.5, 0.6) is 0 Å². The van der Waals surface area contributed by atoms with Crippen LogP contribution in [0, 0.1) is 5.82 Å². The summed E-state index contributed by atoms with van der Waals surface area (Å²) in [6.45, 7) is 1.44. The number of fused-ring (bicyclic) bond motifs is 1. The molecule has 0 saturated carbocycles. The summed E-state index contributed by atoms with van der Waals surface area (Å²) in [6, 6.07) is 12.8. The average molecular weight is 424 g/mol. The molecule has 2 heterocycles. The number of ether oxygens (including phenoxy) is 1. The van der Waals surface area contributed by atoms with E-state index in [0.717, 1.165) is 36.2 Å². The number of halogens is 1. The molecule has 1 fully saturated rings. The van der Waals surface area contributed by atoms with Gasteiger partial charge in [0.1, 0.15) is 11.4 Å². The summed E-state index contributed by atoms with van der Waals surface area (Å²) in [6.07, 6.45) is 1.79. The van der Waals surface area contributed by atoms with E-state index in [9.17, 15) is 14.0 Å². The number of carbonyl (C=O) groups is 1. The molecule has 0 aliphatic carbocycles. The molecule has 2 aromatic carbocycles. The maximum atomic E-state index is 13.5. The van der Waals surface area contributed by atoms with Crippen molar-refractivity contribution in [3.8, 4) is 0 Å². The smallest absolute Gasteiger partial charge is 0.290 e. The standard InChI is InChI=1S/C24H25FN2O4/c1-26(2)18-8-5-16(6-9-18)14-27(15-19-4-3-11-30-19)24(29)23-13-21(28)20-12-17(25)7-10-22(20)31-23/h5-10,12-13,19H,3-4,11,14-15H2,1-2H3/t19-/m0/s1. The Morgan fingerprint density at radius 3 is 2.58 bits per heavy atom. The zero-order valence-corrected chi connectivity index (χ0v) is 17.6. The maximum Gasteiger partial charge on any atom is 0.290 e. The van der Waals surface area contributed by atoms with Gasteiger partial charge in [-0.05, 0) is 48.7 Å². The minimum atomic E-state index is -0.528. The maximum absolute atomic E-state index is 13.5. The van der Waals surface area contributed by atoms with Gasteiger partial charge in [-0.2, -0.15) is 0 Å². The molecule has 1 aliphatic rings. The molecule has 6 nitrogen and oxygen atoms in total. The van der Waals surface area contributed by atoms with Crippen LogP contribution in [0.15, 0.2) is 57.7 Å². The molecule has 7 heteroatoms. The minimum absolute atomic E-state index is 0.0497. The van der Waals surface area contributed by atoms with Crippen molar-refractivity contribution in [3.63, 3.8) is 0 Å². The predicted octanol–water partition coefficient (Wildman–Crippen LogP) is 3.82. The second-order valence-corrected chi connectivity index (χ2v) is 8.00. The van der Waals surface area contributed by atoms with E-state index in [1.54, 1.807) is 4.90 Å². The van der Waals surface area contributed by atoms with Gasteiger partial charge in [-0.3, -0.25) is 9.59 Å². The highest BCUT2D eigenvalue weighted by atomic mass is 19.1. The van der Waals surface area contributed by atoms with Gasteiger partial charge in [-0.15, -0.1) is 0 Å². The fraction of sp³-hybridized carbons (Fsp3) is 0.333. The summed E-state index contributed by atoms with van der Waals surface area (Å²) in [5.41, 5.74) is 1.76. The Kier molecular flexibility index (Phi) is 6.04. The molecule has 4 rings (SSSR count). The molecule has 1 aliphatic heterocycles. The fourth-order valence-corrected chi connectivity index (χ4v) is 3.76. The van der Waals surface area contributed by atoms with Crippen molar-refractivity contribution >= 4 is 22.6 Å². The van der Waals surface area contributed by atoms with Crippen LogP contribution in [0.2, 0.25) is 0 Å². The van der Waals surface area contributed by atoms with Gasteiger partial charge >= 0.3 is 0 Å². The Labute approximate surface area is 179 Å². The van der Waals surface area contributed by atoms with Crippen molar-refractivity contribution in [1.82, 2.24) is 4.90 Å². The van der Waals surface area contributed by atoms with Gasteiger partial charge in [0.2, 0.25) is 0 Å². The molecule has 31 heavy (non-hydrogen) atoms. The highest BCUT2D eigenvalue weighted by Crippen LogP contribution is 2.20. The average Bonchev–Trinajstić information content (AvgIpc) is 3.26. The molecule has 0 spiro atoms. The van der Waals surface area contributed by atoms with Crippen molar-refractivity contribution in [1.29, 1.82) is 0 Å². The van der Waals surface area contributed by atoms with Crippen LogP contribution < -0.4 is 10.3 Å². The topological polar surface area (TPSA) is 63.0 Å². The van der Waals surface area contributed by atoms with Crippen LogP contribution in [0.1, 0.15) is 29.0 Å². The van der Waals surface area contributed by atoms with E-state index in [0.29, 0.717) is 19.7 Å². The summed E-state index contributed by atoms with van der Waals surface area (Å²) < 4.78 is 24.9. The first-order chi connectivity index (χ1) is 14.9. The van der Waals surface area contributed by atoms with E-state index in [1.807, 2.05) is 43.3 Å². The van der Waals surface area contributed by atoms with Crippen LogP contribution in [-0.4, -0.2) is 44.2 Å². The fourth-order valence-electron chi connectivity index (χ4n) is 3.76. The van der Waals surface area contributed by atoms with Crippen molar-refractivity contribution in [3.05, 3.63) is 75.9 Å². The lowest BCUT2D eigenvalue weighted by Gasteiger charge is -2.25. The molecule has 0 bridgehead atoms. The van der Waals surface area contributed by atoms with E-state index < -0.39 is 17.2 Å². The molecule has 0 unspecified atom stereocenters. The van der Waals surface area contributed by atoms with Gasteiger partial charge in [0, 0.05) is 45.5 Å². The third kappa shape index (κ3) is 4.77. The number of carbonyl (C=O) groups excluding carboxylic acids is 1. The number of anilines is 1. The number of benzene rings is 2. The third-order valence-corrected chi connectivity index (χ3v) is 5.46. The Balaban J connectivity index is 1.63. The SMILES string of the molecule is CN(C)c1ccc(CN(C[C@@H]2CCCO2)C(=O)c2cc(=O)c3cc(F)ccc3o2)cc1. The second-order valence-electron chi connectivity index (χ2n) is 8.00. The van der Waals surface area contributed by atoms with Gasteiger partial charge in [0.05, 0.1) is 11.5 Å². The number of hydrogen-bond acceptors (Lipinski definition) is 5. The van der Waals surface area contributed by atoms with Gasteiger partial charge < -0.3 is 19.0 Å². The Bertz CT molecular complexity index is 1130. The second kappa shape index (κ2) is 8.89.